The summed E-state index contributed by atoms with van der Waals surface area (Å²) < 4.78 is 13.6. The van der Waals surface area contributed by atoms with Crippen LogP contribution in [0.4, 0.5) is 4.39 Å². The summed E-state index contributed by atoms with van der Waals surface area (Å²) in [6.07, 6.45) is 0. The molecule has 0 aliphatic heterocycles. The van der Waals surface area contributed by atoms with E-state index in [1.165, 1.54) is 11.3 Å². The first-order valence-electron chi connectivity index (χ1n) is 4.34. The lowest BCUT2D eigenvalue weighted by Gasteiger charge is -2.05. The molecule has 0 spiro atoms. The van der Waals surface area contributed by atoms with E-state index in [4.69, 9.17) is 0 Å². The first-order valence-corrected chi connectivity index (χ1v) is 5.28. The average molecular weight is 207 g/mol. The Bertz CT molecular complexity index is 449. The lowest BCUT2D eigenvalue weighted by Crippen LogP contribution is -1.91. The van der Waals surface area contributed by atoms with Crippen molar-refractivity contribution < 1.29 is 4.39 Å². The highest BCUT2D eigenvalue weighted by Gasteiger charge is 2.09. The topological polar surface area (TPSA) is 12.9 Å². The van der Waals surface area contributed by atoms with Crippen molar-refractivity contribution in [3.63, 3.8) is 0 Å². The van der Waals surface area contributed by atoms with Crippen LogP contribution in [-0.4, -0.2) is 4.98 Å². The van der Waals surface area contributed by atoms with Crippen molar-refractivity contribution in [2.45, 2.75) is 13.8 Å². The van der Waals surface area contributed by atoms with Gasteiger partial charge in [-0.2, -0.15) is 0 Å². The van der Waals surface area contributed by atoms with Gasteiger partial charge in [0.25, 0.3) is 0 Å². The summed E-state index contributed by atoms with van der Waals surface area (Å²) in [7, 11) is 0. The molecule has 2 aromatic rings. The smallest absolute Gasteiger partial charge is 0.129 e. The first-order chi connectivity index (χ1) is 6.70. The molecule has 0 unspecified atom stereocenters. The SMILES string of the molecule is Cc1ccc(-c2cscn2)c(C)c1F. The third-order valence-corrected chi connectivity index (χ3v) is 2.87. The molecule has 1 nitrogen and oxygen atoms in total. The van der Waals surface area contributed by atoms with E-state index in [1.54, 1.807) is 25.4 Å². The van der Waals surface area contributed by atoms with Gasteiger partial charge in [-0.25, -0.2) is 9.37 Å². The number of hydrogen-bond donors (Lipinski definition) is 0. The van der Waals surface area contributed by atoms with Crippen LogP contribution < -0.4 is 0 Å². The maximum atomic E-state index is 13.6. The van der Waals surface area contributed by atoms with Crippen LogP contribution in [0.3, 0.4) is 0 Å². The monoisotopic (exact) mass is 207 g/mol. The molecule has 14 heavy (non-hydrogen) atoms. The van der Waals surface area contributed by atoms with Gasteiger partial charge in [-0.1, -0.05) is 12.1 Å². The summed E-state index contributed by atoms with van der Waals surface area (Å²) in [5, 5.41) is 1.93. The van der Waals surface area contributed by atoms with Gasteiger partial charge in [-0.15, -0.1) is 11.3 Å². The van der Waals surface area contributed by atoms with Gasteiger partial charge in [0.1, 0.15) is 5.82 Å². The molecular weight excluding hydrogens is 197 g/mol. The second-order valence-electron chi connectivity index (χ2n) is 3.24. The summed E-state index contributed by atoms with van der Waals surface area (Å²) in [5.41, 5.74) is 4.85. The van der Waals surface area contributed by atoms with Gasteiger partial charge in [0.05, 0.1) is 11.2 Å². The number of halogens is 1. The van der Waals surface area contributed by atoms with Crippen LogP contribution in [0.1, 0.15) is 11.1 Å². The van der Waals surface area contributed by atoms with E-state index in [1.807, 2.05) is 11.4 Å². The molecule has 0 atom stereocenters. The molecule has 1 heterocycles. The molecule has 3 heteroatoms. The van der Waals surface area contributed by atoms with Crippen molar-refractivity contribution >= 4 is 11.3 Å². The number of thiazole rings is 1. The van der Waals surface area contributed by atoms with Crippen molar-refractivity contribution in [1.29, 1.82) is 0 Å². The Morgan fingerprint density at radius 2 is 2.07 bits per heavy atom. The Kier molecular flexibility index (Phi) is 2.33. The van der Waals surface area contributed by atoms with Crippen LogP contribution in [-0.2, 0) is 0 Å². The summed E-state index contributed by atoms with van der Waals surface area (Å²) in [6, 6.07) is 3.71. The third-order valence-electron chi connectivity index (χ3n) is 2.29. The quantitative estimate of drug-likeness (QED) is 0.696. The first kappa shape index (κ1) is 9.34. The van der Waals surface area contributed by atoms with Gasteiger partial charge in [0.2, 0.25) is 0 Å². The summed E-state index contributed by atoms with van der Waals surface area (Å²) in [6.45, 7) is 3.56. The van der Waals surface area contributed by atoms with Crippen molar-refractivity contribution in [2.75, 3.05) is 0 Å². The molecule has 1 aromatic heterocycles. The van der Waals surface area contributed by atoms with Crippen molar-refractivity contribution in [3.8, 4) is 11.3 Å². The molecule has 0 bridgehead atoms. The minimum atomic E-state index is -0.129. The van der Waals surface area contributed by atoms with Gasteiger partial charge in [0.15, 0.2) is 0 Å². The number of benzene rings is 1. The zero-order valence-corrected chi connectivity index (χ0v) is 8.86. The Hall–Kier alpha value is -1.22. The van der Waals surface area contributed by atoms with Crippen LogP contribution in [0.15, 0.2) is 23.0 Å². The molecule has 0 saturated carbocycles. The lowest BCUT2D eigenvalue weighted by atomic mass is 10.0. The number of hydrogen-bond acceptors (Lipinski definition) is 2. The van der Waals surface area contributed by atoms with E-state index in [0.29, 0.717) is 11.1 Å². The average Bonchev–Trinajstić information content (AvgIpc) is 2.67. The van der Waals surface area contributed by atoms with E-state index < -0.39 is 0 Å². The minimum Gasteiger partial charge on any atom is -0.245 e. The van der Waals surface area contributed by atoms with Gasteiger partial charge >= 0.3 is 0 Å². The Balaban J connectivity index is 2.61. The Morgan fingerprint density at radius 1 is 1.29 bits per heavy atom. The predicted octanol–water partition coefficient (Wildman–Crippen LogP) is 3.57. The highest BCUT2D eigenvalue weighted by atomic mass is 32.1. The lowest BCUT2D eigenvalue weighted by molar-refractivity contribution is 0.610. The minimum absolute atomic E-state index is 0.129. The zero-order valence-electron chi connectivity index (χ0n) is 8.04. The highest BCUT2D eigenvalue weighted by Crippen LogP contribution is 2.26. The standard InChI is InChI=1S/C11H10FNS/c1-7-3-4-9(8(2)11(7)12)10-5-14-6-13-10/h3-6H,1-2H3. The molecule has 72 valence electrons. The highest BCUT2D eigenvalue weighted by molar-refractivity contribution is 7.07. The molecule has 0 fully saturated rings. The summed E-state index contributed by atoms with van der Waals surface area (Å²) in [5.74, 6) is -0.129. The molecule has 0 N–H and O–H groups in total. The van der Waals surface area contributed by atoms with Gasteiger partial charge in [0, 0.05) is 10.9 Å². The Morgan fingerprint density at radius 3 is 2.71 bits per heavy atom. The van der Waals surface area contributed by atoms with Gasteiger partial charge in [-0.3, -0.25) is 0 Å². The number of aromatic nitrogens is 1. The largest absolute Gasteiger partial charge is 0.245 e. The molecule has 0 radical (unpaired) electrons. The van der Waals surface area contributed by atoms with Crippen LogP contribution in [0.5, 0.6) is 0 Å². The predicted molar refractivity (Wildman–Crippen MR) is 57.0 cm³/mol. The normalized spacial score (nSPS) is 10.5. The maximum absolute atomic E-state index is 13.6. The van der Waals surface area contributed by atoms with Crippen molar-refractivity contribution in [1.82, 2.24) is 4.98 Å². The fourth-order valence-electron chi connectivity index (χ4n) is 1.44. The van der Waals surface area contributed by atoms with Gasteiger partial charge in [-0.05, 0) is 25.0 Å². The van der Waals surface area contributed by atoms with Crippen molar-refractivity contribution in [2.24, 2.45) is 0 Å². The van der Waals surface area contributed by atoms with Crippen molar-refractivity contribution in [3.05, 3.63) is 40.0 Å². The second-order valence-corrected chi connectivity index (χ2v) is 3.96. The molecule has 1 aromatic carbocycles. The summed E-state index contributed by atoms with van der Waals surface area (Å²) >= 11 is 1.52. The number of nitrogens with zero attached hydrogens (tertiary/aromatic N) is 1. The third kappa shape index (κ3) is 1.44. The molecule has 0 amide bonds. The van der Waals surface area contributed by atoms with Crippen LogP contribution in [0.25, 0.3) is 11.3 Å². The molecule has 2 rings (SSSR count). The van der Waals surface area contributed by atoms with Crippen LogP contribution in [0, 0.1) is 19.7 Å². The summed E-state index contributed by atoms with van der Waals surface area (Å²) in [4.78, 5) is 4.17. The number of rotatable bonds is 1. The maximum Gasteiger partial charge on any atom is 0.129 e. The van der Waals surface area contributed by atoms with Crippen LogP contribution in [0.2, 0.25) is 0 Å². The van der Waals surface area contributed by atoms with E-state index >= 15 is 0 Å². The zero-order chi connectivity index (χ0) is 10.1. The number of aryl methyl sites for hydroxylation is 1. The van der Waals surface area contributed by atoms with E-state index in [0.717, 1.165) is 11.3 Å². The van der Waals surface area contributed by atoms with E-state index in [9.17, 15) is 4.39 Å². The van der Waals surface area contributed by atoms with E-state index in [-0.39, 0.29) is 5.82 Å². The molecular formula is C11H10FNS. The molecule has 0 aliphatic rings. The van der Waals surface area contributed by atoms with Crippen LogP contribution >= 0.6 is 11.3 Å². The van der Waals surface area contributed by atoms with E-state index in [2.05, 4.69) is 4.98 Å². The fourth-order valence-corrected chi connectivity index (χ4v) is 2.00. The van der Waals surface area contributed by atoms with Gasteiger partial charge < -0.3 is 0 Å². The fraction of sp³-hybridized carbons (Fsp3) is 0.182. The Labute approximate surface area is 86.2 Å². The molecule has 0 saturated heterocycles. The second kappa shape index (κ2) is 3.50. The molecule has 0 aliphatic carbocycles.